The SMILES string of the molecule is NCCOCCSc1ccccc1[N+](=O)[O-]. The highest BCUT2D eigenvalue weighted by Crippen LogP contribution is 2.28. The van der Waals surface area contributed by atoms with Crippen LogP contribution >= 0.6 is 11.8 Å². The number of para-hydroxylation sites is 1. The summed E-state index contributed by atoms with van der Waals surface area (Å²) in [5, 5.41) is 10.7. The van der Waals surface area contributed by atoms with Crippen molar-refractivity contribution in [3.8, 4) is 0 Å². The Balaban J connectivity index is 2.44. The van der Waals surface area contributed by atoms with E-state index in [4.69, 9.17) is 10.5 Å². The summed E-state index contributed by atoms with van der Waals surface area (Å²) >= 11 is 1.42. The third-order valence-corrected chi connectivity index (χ3v) is 2.84. The van der Waals surface area contributed by atoms with Crippen LogP contribution in [0.2, 0.25) is 0 Å². The lowest BCUT2D eigenvalue weighted by atomic mass is 10.3. The summed E-state index contributed by atoms with van der Waals surface area (Å²) in [7, 11) is 0. The molecule has 0 unspecified atom stereocenters. The van der Waals surface area contributed by atoms with E-state index in [2.05, 4.69) is 0 Å². The second-order valence-corrected chi connectivity index (χ2v) is 4.11. The Kier molecular flexibility index (Phi) is 5.84. The summed E-state index contributed by atoms with van der Waals surface area (Å²) in [5.41, 5.74) is 5.41. The summed E-state index contributed by atoms with van der Waals surface area (Å²) in [6.07, 6.45) is 0. The molecule has 0 aromatic heterocycles. The number of nitrogens with zero attached hydrogens (tertiary/aromatic N) is 1. The molecule has 0 aliphatic carbocycles. The van der Waals surface area contributed by atoms with E-state index in [0.29, 0.717) is 30.4 Å². The molecule has 16 heavy (non-hydrogen) atoms. The van der Waals surface area contributed by atoms with E-state index in [0.717, 1.165) is 0 Å². The number of rotatable bonds is 7. The van der Waals surface area contributed by atoms with Gasteiger partial charge in [0.05, 0.1) is 23.0 Å². The molecule has 0 radical (unpaired) electrons. The first-order valence-electron chi connectivity index (χ1n) is 4.89. The van der Waals surface area contributed by atoms with Gasteiger partial charge in [0, 0.05) is 18.4 Å². The molecule has 0 fully saturated rings. The lowest BCUT2D eigenvalue weighted by Gasteiger charge is -2.03. The maximum atomic E-state index is 10.7. The molecular weight excluding hydrogens is 228 g/mol. The van der Waals surface area contributed by atoms with Crippen LogP contribution in [0.5, 0.6) is 0 Å². The van der Waals surface area contributed by atoms with Gasteiger partial charge in [-0.3, -0.25) is 10.1 Å². The molecule has 5 nitrogen and oxygen atoms in total. The van der Waals surface area contributed by atoms with Crippen LogP contribution in [-0.2, 0) is 4.74 Å². The molecule has 0 amide bonds. The highest BCUT2D eigenvalue weighted by Gasteiger charge is 2.11. The van der Waals surface area contributed by atoms with E-state index >= 15 is 0 Å². The van der Waals surface area contributed by atoms with E-state index in [1.807, 2.05) is 0 Å². The number of nitro benzene ring substituents is 1. The number of nitro groups is 1. The minimum absolute atomic E-state index is 0.145. The second-order valence-electron chi connectivity index (χ2n) is 2.97. The smallest absolute Gasteiger partial charge is 0.282 e. The summed E-state index contributed by atoms with van der Waals surface area (Å²) in [6.45, 7) is 1.57. The minimum atomic E-state index is -0.372. The van der Waals surface area contributed by atoms with Crippen LogP contribution in [0.4, 0.5) is 5.69 Å². The van der Waals surface area contributed by atoms with Crippen molar-refractivity contribution in [1.29, 1.82) is 0 Å². The first-order valence-corrected chi connectivity index (χ1v) is 5.88. The number of thioether (sulfide) groups is 1. The van der Waals surface area contributed by atoms with Gasteiger partial charge < -0.3 is 10.5 Å². The molecule has 0 saturated carbocycles. The van der Waals surface area contributed by atoms with Crippen molar-refractivity contribution in [1.82, 2.24) is 0 Å². The molecule has 88 valence electrons. The lowest BCUT2D eigenvalue weighted by molar-refractivity contribution is -0.387. The zero-order chi connectivity index (χ0) is 11.8. The average Bonchev–Trinajstić information content (AvgIpc) is 2.29. The molecule has 0 spiro atoms. The van der Waals surface area contributed by atoms with Gasteiger partial charge in [-0.2, -0.15) is 0 Å². The Hall–Kier alpha value is -1.11. The quantitative estimate of drug-likeness (QED) is 0.340. The second kappa shape index (κ2) is 7.21. The van der Waals surface area contributed by atoms with Crippen molar-refractivity contribution in [2.45, 2.75) is 4.90 Å². The zero-order valence-electron chi connectivity index (χ0n) is 8.80. The molecule has 1 aromatic rings. The van der Waals surface area contributed by atoms with Crippen molar-refractivity contribution in [3.63, 3.8) is 0 Å². The third-order valence-electron chi connectivity index (χ3n) is 1.81. The average molecular weight is 242 g/mol. The maximum Gasteiger partial charge on any atom is 0.282 e. The van der Waals surface area contributed by atoms with Crippen LogP contribution < -0.4 is 5.73 Å². The normalized spacial score (nSPS) is 10.3. The zero-order valence-corrected chi connectivity index (χ0v) is 9.61. The van der Waals surface area contributed by atoms with Gasteiger partial charge in [0.25, 0.3) is 5.69 Å². The van der Waals surface area contributed by atoms with Gasteiger partial charge in [0.2, 0.25) is 0 Å². The van der Waals surface area contributed by atoms with Crippen molar-refractivity contribution < 1.29 is 9.66 Å². The molecular formula is C10H14N2O3S. The predicted molar refractivity (Wildman–Crippen MR) is 63.7 cm³/mol. The standard InChI is InChI=1S/C10H14N2O3S/c11-5-6-15-7-8-16-10-4-2-1-3-9(10)12(13)14/h1-4H,5-8,11H2. The number of hydrogen-bond donors (Lipinski definition) is 1. The summed E-state index contributed by atoms with van der Waals surface area (Å²) < 4.78 is 5.19. The summed E-state index contributed by atoms with van der Waals surface area (Å²) in [5.74, 6) is 0.685. The Morgan fingerprint density at radius 2 is 2.12 bits per heavy atom. The van der Waals surface area contributed by atoms with Crippen LogP contribution in [0, 0.1) is 10.1 Å². The van der Waals surface area contributed by atoms with Gasteiger partial charge in [-0.25, -0.2) is 0 Å². The van der Waals surface area contributed by atoms with E-state index in [9.17, 15) is 10.1 Å². The van der Waals surface area contributed by atoms with E-state index < -0.39 is 0 Å². The molecule has 0 aliphatic rings. The fourth-order valence-corrected chi connectivity index (χ4v) is 2.01. The monoisotopic (exact) mass is 242 g/mol. The molecule has 0 aliphatic heterocycles. The molecule has 0 bridgehead atoms. The fraction of sp³-hybridized carbons (Fsp3) is 0.400. The fourth-order valence-electron chi connectivity index (χ4n) is 1.13. The molecule has 6 heteroatoms. The molecule has 0 heterocycles. The minimum Gasteiger partial charge on any atom is -0.379 e. The molecule has 2 N–H and O–H groups in total. The Morgan fingerprint density at radius 3 is 2.81 bits per heavy atom. The maximum absolute atomic E-state index is 10.7. The number of nitrogens with two attached hydrogens (primary N) is 1. The van der Waals surface area contributed by atoms with Crippen molar-refractivity contribution in [2.75, 3.05) is 25.5 Å². The van der Waals surface area contributed by atoms with Crippen LogP contribution in [0.1, 0.15) is 0 Å². The van der Waals surface area contributed by atoms with Crippen LogP contribution in [0.15, 0.2) is 29.2 Å². The van der Waals surface area contributed by atoms with Crippen molar-refractivity contribution in [3.05, 3.63) is 34.4 Å². The van der Waals surface area contributed by atoms with Crippen LogP contribution in [-0.4, -0.2) is 30.4 Å². The van der Waals surface area contributed by atoms with Crippen LogP contribution in [0.25, 0.3) is 0 Å². The van der Waals surface area contributed by atoms with E-state index in [-0.39, 0.29) is 10.6 Å². The largest absolute Gasteiger partial charge is 0.379 e. The third kappa shape index (κ3) is 4.18. The first-order chi connectivity index (χ1) is 7.75. The summed E-state index contributed by atoms with van der Waals surface area (Å²) in [6, 6.07) is 6.69. The molecule has 1 aromatic carbocycles. The highest BCUT2D eigenvalue weighted by molar-refractivity contribution is 7.99. The Morgan fingerprint density at radius 1 is 1.38 bits per heavy atom. The topological polar surface area (TPSA) is 78.4 Å². The highest BCUT2D eigenvalue weighted by atomic mass is 32.2. The van der Waals surface area contributed by atoms with Gasteiger partial charge in [0.15, 0.2) is 0 Å². The first kappa shape index (κ1) is 13.0. The van der Waals surface area contributed by atoms with Crippen molar-refractivity contribution in [2.24, 2.45) is 5.73 Å². The Labute approximate surface area is 98.1 Å². The van der Waals surface area contributed by atoms with Gasteiger partial charge in [-0.05, 0) is 6.07 Å². The number of benzene rings is 1. The lowest BCUT2D eigenvalue weighted by Crippen LogP contribution is -2.09. The van der Waals surface area contributed by atoms with Gasteiger partial charge in [-0.1, -0.05) is 12.1 Å². The van der Waals surface area contributed by atoms with E-state index in [1.54, 1.807) is 18.2 Å². The van der Waals surface area contributed by atoms with Gasteiger partial charge in [0.1, 0.15) is 0 Å². The Bertz CT molecular complexity index is 347. The number of hydrogen-bond acceptors (Lipinski definition) is 5. The molecule has 1 rings (SSSR count). The predicted octanol–water partition coefficient (Wildman–Crippen LogP) is 1.66. The van der Waals surface area contributed by atoms with Gasteiger partial charge >= 0.3 is 0 Å². The van der Waals surface area contributed by atoms with Gasteiger partial charge in [-0.15, -0.1) is 11.8 Å². The molecule has 0 saturated heterocycles. The van der Waals surface area contributed by atoms with E-state index in [1.165, 1.54) is 17.8 Å². The number of ether oxygens (including phenoxy) is 1. The van der Waals surface area contributed by atoms with Crippen molar-refractivity contribution >= 4 is 17.4 Å². The van der Waals surface area contributed by atoms with Crippen LogP contribution in [0.3, 0.4) is 0 Å². The summed E-state index contributed by atoms with van der Waals surface area (Å²) in [4.78, 5) is 11.0. The molecule has 0 atom stereocenters.